The molecule has 1 heterocycles. The Morgan fingerprint density at radius 1 is 1.41 bits per heavy atom. The van der Waals surface area contributed by atoms with Crippen molar-refractivity contribution in [3.63, 3.8) is 0 Å². The van der Waals surface area contributed by atoms with Gasteiger partial charge >= 0.3 is 0 Å². The van der Waals surface area contributed by atoms with Crippen molar-refractivity contribution < 1.29 is 9.32 Å². The Morgan fingerprint density at radius 3 is 2.82 bits per heavy atom. The molecule has 1 aromatic carbocycles. The van der Waals surface area contributed by atoms with Gasteiger partial charge in [-0.25, -0.2) is 0 Å². The number of nitrogens with one attached hydrogen (secondary N) is 1. The van der Waals surface area contributed by atoms with E-state index in [1.54, 1.807) is 12.1 Å². The van der Waals surface area contributed by atoms with Crippen LogP contribution in [-0.4, -0.2) is 28.6 Å². The minimum absolute atomic E-state index is 0.0188. The lowest BCUT2D eigenvalue weighted by molar-refractivity contribution is -0.121. The van der Waals surface area contributed by atoms with Crippen LogP contribution in [0.4, 0.5) is 0 Å². The lowest BCUT2D eigenvalue weighted by atomic mass is 10.2. The molecule has 1 atom stereocenters. The van der Waals surface area contributed by atoms with Crippen LogP contribution in [-0.2, 0) is 11.2 Å². The Balaban J connectivity index is 1.80. The highest BCUT2D eigenvalue weighted by Crippen LogP contribution is 2.18. The first-order chi connectivity index (χ1) is 10.5. The highest BCUT2D eigenvalue weighted by Gasteiger charge is 2.09. The van der Waals surface area contributed by atoms with Gasteiger partial charge in [0.25, 0.3) is 0 Å². The molecule has 0 spiro atoms. The first-order valence-corrected chi connectivity index (χ1v) is 7.53. The Hall–Kier alpha value is -1.92. The number of aromatic nitrogens is 2. The summed E-state index contributed by atoms with van der Waals surface area (Å²) in [5, 5.41) is 7.37. The summed E-state index contributed by atoms with van der Waals surface area (Å²) in [6, 6.07) is 7.22. The third kappa shape index (κ3) is 5.13. The molecule has 0 aliphatic carbocycles. The molecule has 1 amide bonds. The minimum Gasteiger partial charge on any atom is -0.356 e. The number of carbonyl (C=O) groups is 1. The standard InChI is InChI=1S/C15H19ClN4O2/c1-10(17)2-7-13(21)18-9-8-14-19-15(20-22-14)11-3-5-12(16)6-4-11/h3-6,10H,2,7-9,17H2,1H3,(H,18,21). The molecule has 0 saturated carbocycles. The largest absolute Gasteiger partial charge is 0.356 e. The molecule has 0 saturated heterocycles. The lowest BCUT2D eigenvalue weighted by Crippen LogP contribution is -2.27. The first-order valence-electron chi connectivity index (χ1n) is 7.15. The summed E-state index contributed by atoms with van der Waals surface area (Å²) < 4.78 is 5.16. The molecule has 1 aromatic heterocycles. The molecule has 0 aliphatic heterocycles. The summed E-state index contributed by atoms with van der Waals surface area (Å²) in [7, 11) is 0. The van der Waals surface area contributed by atoms with Gasteiger partial charge in [-0.2, -0.15) is 4.98 Å². The molecular formula is C15H19ClN4O2. The second kappa shape index (κ2) is 7.91. The van der Waals surface area contributed by atoms with Gasteiger partial charge in [-0.05, 0) is 37.6 Å². The number of hydrogen-bond acceptors (Lipinski definition) is 5. The van der Waals surface area contributed by atoms with E-state index in [0.717, 1.165) is 5.56 Å². The number of nitrogens with zero attached hydrogens (tertiary/aromatic N) is 2. The summed E-state index contributed by atoms with van der Waals surface area (Å²) in [6.07, 6.45) is 1.59. The van der Waals surface area contributed by atoms with Crippen molar-refractivity contribution in [1.82, 2.24) is 15.5 Å². The Kier molecular flexibility index (Phi) is 5.91. The van der Waals surface area contributed by atoms with E-state index in [0.29, 0.717) is 42.5 Å². The van der Waals surface area contributed by atoms with E-state index in [1.807, 2.05) is 19.1 Å². The smallest absolute Gasteiger partial charge is 0.228 e. The molecule has 118 valence electrons. The fourth-order valence-corrected chi connectivity index (χ4v) is 1.95. The van der Waals surface area contributed by atoms with E-state index in [1.165, 1.54) is 0 Å². The fraction of sp³-hybridized carbons (Fsp3) is 0.400. The first kappa shape index (κ1) is 16.5. The third-order valence-corrected chi connectivity index (χ3v) is 3.31. The average molecular weight is 323 g/mol. The van der Waals surface area contributed by atoms with Gasteiger partial charge < -0.3 is 15.6 Å². The van der Waals surface area contributed by atoms with Crippen LogP contribution < -0.4 is 11.1 Å². The molecule has 0 bridgehead atoms. The van der Waals surface area contributed by atoms with Gasteiger partial charge in [0.1, 0.15) is 0 Å². The number of hydrogen-bond donors (Lipinski definition) is 2. The summed E-state index contributed by atoms with van der Waals surface area (Å²) in [5.74, 6) is 0.974. The summed E-state index contributed by atoms with van der Waals surface area (Å²) >= 11 is 5.84. The van der Waals surface area contributed by atoms with E-state index in [9.17, 15) is 4.79 Å². The molecule has 22 heavy (non-hydrogen) atoms. The number of nitrogens with two attached hydrogens (primary N) is 1. The van der Waals surface area contributed by atoms with E-state index >= 15 is 0 Å². The molecule has 2 aromatic rings. The Morgan fingerprint density at radius 2 is 2.14 bits per heavy atom. The maximum absolute atomic E-state index is 11.6. The van der Waals surface area contributed by atoms with Crippen molar-refractivity contribution in [3.8, 4) is 11.4 Å². The third-order valence-electron chi connectivity index (χ3n) is 3.06. The van der Waals surface area contributed by atoms with Crippen molar-refractivity contribution in [2.45, 2.75) is 32.2 Å². The van der Waals surface area contributed by atoms with Gasteiger partial charge in [0.15, 0.2) is 0 Å². The SMILES string of the molecule is CC(N)CCC(=O)NCCc1nc(-c2ccc(Cl)cc2)no1. The second-order valence-corrected chi connectivity index (χ2v) is 5.57. The summed E-state index contributed by atoms with van der Waals surface area (Å²) in [5.41, 5.74) is 6.44. The zero-order valence-corrected chi connectivity index (χ0v) is 13.1. The van der Waals surface area contributed by atoms with Crippen LogP contribution in [0.2, 0.25) is 5.02 Å². The topological polar surface area (TPSA) is 94.0 Å². The average Bonchev–Trinajstić information content (AvgIpc) is 2.95. The van der Waals surface area contributed by atoms with Crippen molar-refractivity contribution in [2.75, 3.05) is 6.54 Å². The van der Waals surface area contributed by atoms with Crippen molar-refractivity contribution >= 4 is 17.5 Å². The molecule has 0 aliphatic rings. The fourth-order valence-electron chi connectivity index (χ4n) is 1.83. The van der Waals surface area contributed by atoms with Crippen LogP contribution in [0.1, 0.15) is 25.7 Å². The van der Waals surface area contributed by atoms with Crippen LogP contribution in [0, 0.1) is 0 Å². The van der Waals surface area contributed by atoms with Crippen LogP contribution in [0.25, 0.3) is 11.4 Å². The Bertz CT molecular complexity index is 610. The van der Waals surface area contributed by atoms with Crippen molar-refractivity contribution in [3.05, 3.63) is 35.2 Å². The van der Waals surface area contributed by atoms with Crippen LogP contribution in [0.3, 0.4) is 0 Å². The molecule has 6 nitrogen and oxygen atoms in total. The highest BCUT2D eigenvalue weighted by atomic mass is 35.5. The zero-order chi connectivity index (χ0) is 15.9. The lowest BCUT2D eigenvalue weighted by Gasteiger charge is -2.05. The van der Waals surface area contributed by atoms with Crippen LogP contribution in [0.15, 0.2) is 28.8 Å². The molecule has 3 N–H and O–H groups in total. The number of amides is 1. The minimum atomic E-state index is -0.0188. The quantitative estimate of drug-likeness (QED) is 0.814. The normalized spacial score (nSPS) is 12.1. The molecule has 1 unspecified atom stereocenters. The molecule has 0 radical (unpaired) electrons. The monoisotopic (exact) mass is 322 g/mol. The predicted molar refractivity (Wildman–Crippen MR) is 84.3 cm³/mol. The van der Waals surface area contributed by atoms with Gasteiger partial charge in [0.2, 0.25) is 17.6 Å². The number of rotatable bonds is 7. The van der Waals surface area contributed by atoms with Crippen LogP contribution in [0.5, 0.6) is 0 Å². The molecule has 7 heteroatoms. The summed E-state index contributed by atoms with van der Waals surface area (Å²) in [4.78, 5) is 15.8. The maximum Gasteiger partial charge on any atom is 0.228 e. The molecule has 0 fully saturated rings. The zero-order valence-electron chi connectivity index (χ0n) is 12.4. The predicted octanol–water partition coefficient (Wildman–Crippen LogP) is 2.18. The van der Waals surface area contributed by atoms with Gasteiger partial charge in [0, 0.05) is 36.0 Å². The van der Waals surface area contributed by atoms with Gasteiger partial charge in [0.05, 0.1) is 0 Å². The molecular weight excluding hydrogens is 304 g/mol. The van der Waals surface area contributed by atoms with E-state index in [4.69, 9.17) is 21.9 Å². The summed E-state index contributed by atoms with van der Waals surface area (Å²) in [6.45, 7) is 2.34. The molecule has 2 rings (SSSR count). The number of benzene rings is 1. The Labute approximate surface area is 134 Å². The van der Waals surface area contributed by atoms with Gasteiger partial charge in [-0.3, -0.25) is 4.79 Å². The van der Waals surface area contributed by atoms with Gasteiger partial charge in [-0.1, -0.05) is 16.8 Å². The van der Waals surface area contributed by atoms with Crippen molar-refractivity contribution in [1.29, 1.82) is 0 Å². The van der Waals surface area contributed by atoms with E-state index in [2.05, 4.69) is 15.5 Å². The second-order valence-electron chi connectivity index (χ2n) is 5.13. The highest BCUT2D eigenvalue weighted by molar-refractivity contribution is 6.30. The number of carbonyl (C=O) groups excluding carboxylic acids is 1. The van der Waals surface area contributed by atoms with Gasteiger partial charge in [-0.15, -0.1) is 0 Å². The maximum atomic E-state index is 11.6. The van der Waals surface area contributed by atoms with E-state index in [-0.39, 0.29) is 11.9 Å². The van der Waals surface area contributed by atoms with E-state index < -0.39 is 0 Å². The van der Waals surface area contributed by atoms with Crippen LogP contribution >= 0.6 is 11.6 Å². The van der Waals surface area contributed by atoms with Crippen molar-refractivity contribution in [2.24, 2.45) is 5.73 Å². The number of halogens is 1.